The van der Waals surface area contributed by atoms with E-state index in [0.717, 1.165) is 22.5 Å². The lowest BCUT2D eigenvalue weighted by Crippen LogP contribution is -2.00. The van der Waals surface area contributed by atoms with Crippen LogP contribution in [0.2, 0.25) is 0 Å². The number of aryl methyl sites for hydroxylation is 1. The monoisotopic (exact) mass is 321 g/mol. The maximum absolute atomic E-state index is 12.1. The SMILES string of the molecule is CC(=O)c1cc2c(cc1O)c(C(C)=O)c(C)n2-c1ccc(C)cc1. The molecule has 122 valence electrons. The van der Waals surface area contributed by atoms with E-state index in [1.54, 1.807) is 6.07 Å². The molecule has 1 N–H and O–H groups in total. The maximum atomic E-state index is 12.1. The van der Waals surface area contributed by atoms with Crippen LogP contribution in [0.4, 0.5) is 0 Å². The first-order valence-electron chi connectivity index (χ1n) is 7.78. The van der Waals surface area contributed by atoms with Gasteiger partial charge in [-0.15, -0.1) is 0 Å². The number of phenolic OH excluding ortho intramolecular Hbond substituents is 1. The van der Waals surface area contributed by atoms with Crippen LogP contribution in [-0.4, -0.2) is 21.2 Å². The molecule has 0 aliphatic rings. The summed E-state index contributed by atoms with van der Waals surface area (Å²) >= 11 is 0. The Bertz CT molecular complexity index is 979. The van der Waals surface area contributed by atoms with E-state index in [2.05, 4.69) is 0 Å². The number of hydrogen-bond acceptors (Lipinski definition) is 3. The summed E-state index contributed by atoms with van der Waals surface area (Å²) in [6, 6.07) is 11.1. The number of rotatable bonds is 3. The summed E-state index contributed by atoms with van der Waals surface area (Å²) < 4.78 is 1.96. The molecule has 3 aromatic rings. The van der Waals surface area contributed by atoms with Crippen LogP contribution in [-0.2, 0) is 0 Å². The largest absolute Gasteiger partial charge is 0.507 e. The van der Waals surface area contributed by atoms with E-state index in [1.807, 2.05) is 42.7 Å². The van der Waals surface area contributed by atoms with E-state index in [1.165, 1.54) is 19.9 Å². The van der Waals surface area contributed by atoms with Crippen LogP contribution >= 0.6 is 0 Å². The summed E-state index contributed by atoms with van der Waals surface area (Å²) in [5.41, 5.74) is 4.41. The highest BCUT2D eigenvalue weighted by Crippen LogP contribution is 2.34. The number of carbonyl (C=O) groups excluding carboxylic acids is 2. The Labute approximate surface area is 140 Å². The number of phenols is 1. The van der Waals surface area contributed by atoms with E-state index in [-0.39, 0.29) is 22.9 Å². The van der Waals surface area contributed by atoms with Gasteiger partial charge in [-0.25, -0.2) is 0 Å². The van der Waals surface area contributed by atoms with Gasteiger partial charge in [0.2, 0.25) is 0 Å². The Morgan fingerprint density at radius 2 is 1.58 bits per heavy atom. The predicted molar refractivity (Wildman–Crippen MR) is 94.4 cm³/mol. The second-order valence-corrected chi connectivity index (χ2v) is 6.13. The molecule has 0 saturated carbocycles. The van der Waals surface area contributed by atoms with Crippen LogP contribution in [0.5, 0.6) is 5.75 Å². The highest BCUT2D eigenvalue weighted by Gasteiger charge is 2.21. The van der Waals surface area contributed by atoms with Crippen LogP contribution < -0.4 is 0 Å². The minimum Gasteiger partial charge on any atom is -0.507 e. The summed E-state index contributed by atoms with van der Waals surface area (Å²) in [5.74, 6) is -0.384. The topological polar surface area (TPSA) is 59.3 Å². The first-order chi connectivity index (χ1) is 11.3. The van der Waals surface area contributed by atoms with Crippen molar-refractivity contribution in [2.45, 2.75) is 27.7 Å². The van der Waals surface area contributed by atoms with Gasteiger partial charge in [0.1, 0.15) is 5.75 Å². The molecule has 0 radical (unpaired) electrons. The van der Waals surface area contributed by atoms with E-state index >= 15 is 0 Å². The van der Waals surface area contributed by atoms with Crippen LogP contribution in [0.25, 0.3) is 16.6 Å². The Kier molecular flexibility index (Phi) is 3.76. The molecule has 0 aliphatic heterocycles. The molecule has 0 bridgehead atoms. The molecule has 1 heterocycles. The number of nitrogens with zero attached hydrogens (tertiary/aromatic N) is 1. The average molecular weight is 321 g/mol. The molecular weight excluding hydrogens is 302 g/mol. The minimum absolute atomic E-state index is 0.0710. The molecule has 0 aliphatic carbocycles. The number of fused-ring (bicyclic) bond motifs is 1. The first-order valence-corrected chi connectivity index (χ1v) is 7.78. The zero-order chi connectivity index (χ0) is 17.6. The van der Waals surface area contributed by atoms with Crippen LogP contribution in [0.1, 0.15) is 45.8 Å². The van der Waals surface area contributed by atoms with E-state index in [0.29, 0.717) is 10.9 Å². The molecule has 0 amide bonds. The minimum atomic E-state index is -0.215. The molecule has 1 aromatic heterocycles. The lowest BCUT2D eigenvalue weighted by Gasteiger charge is -2.10. The van der Waals surface area contributed by atoms with Gasteiger partial charge in [0.25, 0.3) is 0 Å². The van der Waals surface area contributed by atoms with Crippen molar-refractivity contribution >= 4 is 22.5 Å². The lowest BCUT2D eigenvalue weighted by atomic mass is 10.0. The van der Waals surface area contributed by atoms with Crippen molar-refractivity contribution in [2.24, 2.45) is 0 Å². The van der Waals surface area contributed by atoms with E-state index in [4.69, 9.17) is 0 Å². The Morgan fingerprint density at radius 3 is 2.12 bits per heavy atom. The molecule has 0 spiro atoms. The summed E-state index contributed by atoms with van der Waals surface area (Å²) in [4.78, 5) is 23.9. The average Bonchev–Trinajstić information content (AvgIpc) is 2.78. The van der Waals surface area contributed by atoms with E-state index < -0.39 is 0 Å². The fourth-order valence-corrected chi connectivity index (χ4v) is 3.20. The number of carbonyl (C=O) groups is 2. The van der Waals surface area contributed by atoms with Crippen molar-refractivity contribution in [1.82, 2.24) is 4.57 Å². The third kappa shape index (κ3) is 2.40. The Hall–Kier alpha value is -2.88. The predicted octanol–water partition coefficient (Wildman–Crippen LogP) is 4.36. The molecule has 0 atom stereocenters. The molecule has 4 nitrogen and oxygen atoms in total. The van der Waals surface area contributed by atoms with Crippen molar-refractivity contribution in [2.75, 3.05) is 0 Å². The first kappa shape index (κ1) is 16.0. The summed E-state index contributed by atoms with van der Waals surface area (Å²) in [6.45, 7) is 6.81. The van der Waals surface area contributed by atoms with Crippen LogP contribution in [0.15, 0.2) is 36.4 Å². The second-order valence-electron chi connectivity index (χ2n) is 6.13. The fourth-order valence-electron chi connectivity index (χ4n) is 3.20. The Balaban J connectivity index is 2.45. The number of benzene rings is 2. The zero-order valence-corrected chi connectivity index (χ0v) is 14.2. The van der Waals surface area contributed by atoms with Crippen molar-refractivity contribution in [3.63, 3.8) is 0 Å². The third-order valence-electron chi connectivity index (χ3n) is 4.34. The van der Waals surface area contributed by atoms with Crippen molar-refractivity contribution in [1.29, 1.82) is 0 Å². The van der Waals surface area contributed by atoms with Crippen molar-refractivity contribution < 1.29 is 14.7 Å². The Morgan fingerprint density at radius 1 is 0.958 bits per heavy atom. The number of ketones is 2. The van der Waals surface area contributed by atoms with E-state index in [9.17, 15) is 14.7 Å². The molecule has 4 heteroatoms. The van der Waals surface area contributed by atoms with Crippen molar-refractivity contribution in [3.8, 4) is 11.4 Å². The lowest BCUT2D eigenvalue weighted by molar-refractivity contribution is 0.100. The van der Waals surface area contributed by atoms with Gasteiger partial charge in [0.15, 0.2) is 11.6 Å². The van der Waals surface area contributed by atoms with Gasteiger partial charge in [-0.1, -0.05) is 17.7 Å². The summed E-state index contributed by atoms with van der Waals surface area (Å²) in [7, 11) is 0. The van der Waals surface area contributed by atoms with Gasteiger partial charge in [-0.05, 0) is 52.0 Å². The number of aromatic nitrogens is 1. The molecular formula is C20H19NO3. The van der Waals surface area contributed by atoms with Gasteiger partial charge in [0.05, 0.1) is 11.1 Å². The number of hydrogen-bond donors (Lipinski definition) is 1. The molecule has 0 unspecified atom stereocenters. The maximum Gasteiger partial charge on any atom is 0.163 e. The quantitative estimate of drug-likeness (QED) is 0.729. The smallest absolute Gasteiger partial charge is 0.163 e. The standard InChI is InChI=1S/C20H19NO3/c1-11-5-7-15(8-6-11)21-12(2)20(14(4)23)17-10-19(24)16(13(3)22)9-18(17)21/h5-10,24H,1-4H3. The third-order valence-corrected chi connectivity index (χ3v) is 4.34. The summed E-state index contributed by atoms with van der Waals surface area (Å²) in [6.07, 6.45) is 0. The van der Waals surface area contributed by atoms with Crippen LogP contribution in [0.3, 0.4) is 0 Å². The van der Waals surface area contributed by atoms with Gasteiger partial charge in [0, 0.05) is 22.3 Å². The van der Waals surface area contributed by atoms with Crippen molar-refractivity contribution in [3.05, 3.63) is 58.8 Å². The summed E-state index contributed by atoms with van der Waals surface area (Å²) in [5, 5.41) is 10.8. The molecule has 0 saturated heterocycles. The van der Waals surface area contributed by atoms with Gasteiger partial charge < -0.3 is 9.67 Å². The molecule has 2 aromatic carbocycles. The molecule has 0 fully saturated rings. The molecule has 3 rings (SSSR count). The highest BCUT2D eigenvalue weighted by atomic mass is 16.3. The molecule has 24 heavy (non-hydrogen) atoms. The van der Waals surface area contributed by atoms with Gasteiger partial charge in [-0.3, -0.25) is 9.59 Å². The fraction of sp³-hybridized carbons (Fsp3) is 0.200. The normalized spacial score (nSPS) is 11.0. The second kappa shape index (κ2) is 5.64. The number of Topliss-reactive ketones (excluding diaryl/α,β-unsaturated/α-hetero) is 2. The van der Waals surface area contributed by atoms with Gasteiger partial charge in [-0.2, -0.15) is 0 Å². The highest BCUT2D eigenvalue weighted by molar-refractivity contribution is 6.11. The van der Waals surface area contributed by atoms with Crippen LogP contribution in [0, 0.1) is 13.8 Å². The zero-order valence-electron chi connectivity index (χ0n) is 14.2. The van der Waals surface area contributed by atoms with Gasteiger partial charge >= 0.3 is 0 Å². The number of aromatic hydroxyl groups is 1.